The molecule has 0 bridgehead atoms. The molecule has 0 saturated heterocycles. The van der Waals surface area contributed by atoms with E-state index >= 15 is 0 Å². The molecule has 0 amide bonds. The van der Waals surface area contributed by atoms with Gasteiger partial charge in [0.05, 0.1) is 6.42 Å². The number of benzene rings is 1. The Morgan fingerprint density at radius 2 is 2.12 bits per heavy atom. The third-order valence-electron chi connectivity index (χ3n) is 2.72. The molecule has 0 aliphatic rings. The fraction of sp³-hybridized carbons (Fsp3) is 0.385. The maximum atomic E-state index is 5.44. The lowest BCUT2D eigenvalue weighted by Gasteiger charge is -2.03. The van der Waals surface area contributed by atoms with Crippen molar-refractivity contribution in [1.29, 1.82) is 0 Å². The summed E-state index contributed by atoms with van der Waals surface area (Å²) in [5, 5.41) is 3.89. The summed E-state index contributed by atoms with van der Waals surface area (Å²) in [6.07, 6.45) is 1.35. The van der Waals surface area contributed by atoms with Crippen molar-refractivity contribution in [2.75, 3.05) is 6.54 Å². The van der Waals surface area contributed by atoms with Crippen LogP contribution in [0.15, 0.2) is 22.7 Å². The summed E-state index contributed by atoms with van der Waals surface area (Å²) in [7, 11) is 0. The number of aryl methyl sites for hydroxylation is 2. The molecule has 0 radical (unpaired) electrons. The molecule has 4 nitrogen and oxygen atoms in total. The number of hydrogen-bond acceptors (Lipinski definition) is 4. The van der Waals surface area contributed by atoms with E-state index < -0.39 is 0 Å². The first kappa shape index (κ1) is 11.8. The summed E-state index contributed by atoms with van der Waals surface area (Å²) in [5.41, 5.74) is 9.16. The first-order valence-electron chi connectivity index (χ1n) is 5.76. The Hall–Kier alpha value is -1.68. The van der Waals surface area contributed by atoms with Gasteiger partial charge in [0.1, 0.15) is 0 Å². The molecule has 0 spiro atoms. The van der Waals surface area contributed by atoms with E-state index in [0.29, 0.717) is 31.1 Å². The van der Waals surface area contributed by atoms with Gasteiger partial charge in [-0.25, -0.2) is 0 Å². The van der Waals surface area contributed by atoms with E-state index in [0.717, 1.165) is 0 Å². The Balaban J connectivity index is 2.16. The van der Waals surface area contributed by atoms with Gasteiger partial charge in [-0.15, -0.1) is 0 Å². The molecule has 0 saturated carbocycles. The predicted molar refractivity (Wildman–Crippen MR) is 65.8 cm³/mol. The van der Waals surface area contributed by atoms with Crippen LogP contribution in [0.4, 0.5) is 0 Å². The van der Waals surface area contributed by atoms with Crippen LogP contribution in [0.5, 0.6) is 0 Å². The van der Waals surface area contributed by atoms with Crippen LogP contribution < -0.4 is 5.73 Å². The van der Waals surface area contributed by atoms with Crippen molar-refractivity contribution in [2.24, 2.45) is 5.73 Å². The molecule has 0 aliphatic heterocycles. The third kappa shape index (κ3) is 2.91. The second-order valence-electron chi connectivity index (χ2n) is 4.25. The second kappa shape index (κ2) is 5.10. The monoisotopic (exact) mass is 231 g/mol. The van der Waals surface area contributed by atoms with Gasteiger partial charge in [-0.05, 0) is 31.5 Å². The average molecular weight is 231 g/mol. The van der Waals surface area contributed by atoms with Gasteiger partial charge >= 0.3 is 0 Å². The quantitative estimate of drug-likeness (QED) is 0.871. The van der Waals surface area contributed by atoms with E-state index in [1.807, 2.05) is 0 Å². The minimum atomic E-state index is 0.544. The Labute approximate surface area is 101 Å². The van der Waals surface area contributed by atoms with Crippen LogP contribution in [0.1, 0.15) is 28.4 Å². The summed E-state index contributed by atoms with van der Waals surface area (Å²) in [6.45, 7) is 4.71. The molecule has 90 valence electrons. The number of nitrogens with two attached hydrogens (primary N) is 1. The molecule has 0 aliphatic carbocycles. The highest BCUT2D eigenvalue weighted by Crippen LogP contribution is 2.14. The summed E-state index contributed by atoms with van der Waals surface area (Å²) in [4.78, 5) is 4.31. The molecule has 0 fully saturated rings. The summed E-state index contributed by atoms with van der Waals surface area (Å²) < 4.78 is 5.20. The lowest BCUT2D eigenvalue weighted by molar-refractivity contribution is 0.379. The normalized spacial score (nSPS) is 10.8. The highest BCUT2D eigenvalue weighted by molar-refractivity contribution is 5.32. The van der Waals surface area contributed by atoms with Crippen LogP contribution in [0.25, 0.3) is 0 Å². The van der Waals surface area contributed by atoms with Crippen molar-refractivity contribution in [3.8, 4) is 0 Å². The lowest BCUT2D eigenvalue weighted by Crippen LogP contribution is -2.04. The van der Waals surface area contributed by atoms with Crippen molar-refractivity contribution in [2.45, 2.75) is 26.7 Å². The van der Waals surface area contributed by atoms with E-state index in [1.54, 1.807) is 0 Å². The van der Waals surface area contributed by atoms with Gasteiger partial charge in [0.2, 0.25) is 5.89 Å². The average Bonchev–Trinajstić information content (AvgIpc) is 2.72. The maximum absolute atomic E-state index is 5.44. The third-order valence-corrected chi connectivity index (χ3v) is 2.72. The fourth-order valence-corrected chi connectivity index (χ4v) is 1.75. The Morgan fingerprint density at radius 1 is 1.29 bits per heavy atom. The van der Waals surface area contributed by atoms with Crippen LogP contribution >= 0.6 is 0 Å². The number of hydrogen-bond donors (Lipinski definition) is 1. The zero-order valence-corrected chi connectivity index (χ0v) is 10.2. The molecule has 1 heterocycles. The highest BCUT2D eigenvalue weighted by Gasteiger charge is 2.08. The molecule has 0 atom stereocenters. The molecule has 1 aromatic carbocycles. The Morgan fingerprint density at radius 3 is 2.88 bits per heavy atom. The first-order chi connectivity index (χ1) is 8.19. The van der Waals surface area contributed by atoms with Crippen LogP contribution in [0, 0.1) is 13.8 Å². The zero-order valence-electron chi connectivity index (χ0n) is 10.2. The standard InChI is InChI=1S/C13H17N3O/c1-9-3-4-10(2)11(7-9)8-13-15-12(5-6-14)16-17-13/h3-4,7H,5-6,8,14H2,1-2H3. The summed E-state index contributed by atoms with van der Waals surface area (Å²) in [5.74, 6) is 1.34. The lowest BCUT2D eigenvalue weighted by atomic mass is 10.0. The topological polar surface area (TPSA) is 64.9 Å². The van der Waals surface area contributed by atoms with E-state index in [2.05, 4.69) is 42.2 Å². The molecule has 1 aromatic heterocycles. The molecule has 0 unspecified atom stereocenters. The first-order valence-corrected chi connectivity index (χ1v) is 5.76. The molecule has 2 rings (SSSR count). The van der Waals surface area contributed by atoms with Gasteiger partial charge in [0.25, 0.3) is 0 Å². The van der Waals surface area contributed by atoms with Crippen LogP contribution in [-0.2, 0) is 12.8 Å². The molecular weight excluding hydrogens is 214 g/mol. The largest absolute Gasteiger partial charge is 0.339 e. The molecule has 17 heavy (non-hydrogen) atoms. The van der Waals surface area contributed by atoms with Gasteiger partial charge in [0.15, 0.2) is 5.82 Å². The van der Waals surface area contributed by atoms with E-state index in [1.165, 1.54) is 16.7 Å². The van der Waals surface area contributed by atoms with Gasteiger partial charge in [-0.3, -0.25) is 0 Å². The zero-order chi connectivity index (χ0) is 12.3. The molecule has 4 heteroatoms. The van der Waals surface area contributed by atoms with E-state index in [9.17, 15) is 0 Å². The van der Waals surface area contributed by atoms with Crippen molar-refractivity contribution < 1.29 is 4.52 Å². The minimum absolute atomic E-state index is 0.544. The van der Waals surface area contributed by atoms with Gasteiger partial charge in [-0.1, -0.05) is 28.9 Å². The Bertz CT molecular complexity index is 505. The van der Waals surface area contributed by atoms with Crippen molar-refractivity contribution in [1.82, 2.24) is 10.1 Å². The minimum Gasteiger partial charge on any atom is -0.339 e. The van der Waals surface area contributed by atoms with Gasteiger partial charge < -0.3 is 10.3 Å². The van der Waals surface area contributed by atoms with Crippen LogP contribution in [0.3, 0.4) is 0 Å². The molecular formula is C13H17N3O. The van der Waals surface area contributed by atoms with Crippen molar-refractivity contribution in [3.05, 3.63) is 46.6 Å². The maximum Gasteiger partial charge on any atom is 0.231 e. The number of rotatable bonds is 4. The van der Waals surface area contributed by atoms with Gasteiger partial charge in [0, 0.05) is 6.42 Å². The number of nitrogens with zero attached hydrogens (tertiary/aromatic N) is 2. The Kier molecular flexibility index (Phi) is 3.54. The second-order valence-corrected chi connectivity index (χ2v) is 4.25. The number of aromatic nitrogens is 2. The highest BCUT2D eigenvalue weighted by atomic mass is 16.5. The van der Waals surface area contributed by atoms with Crippen LogP contribution in [0.2, 0.25) is 0 Å². The predicted octanol–water partition coefficient (Wildman–Crippen LogP) is 1.78. The van der Waals surface area contributed by atoms with Crippen molar-refractivity contribution in [3.63, 3.8) is 0 Å². The van der Waals surface area contributed by atoms with Crippen molar-refractivity contribution >= 4 is 0 Å². The smallest absolute Gasteiger partial charge is 0.231 e. The molecule has 2 aromatic rings. The van der Waals surface area contributed by atoms with E-state index in [-0.39, 0.29) is 0 Å². The van der Waals surface area contributed by atoms with Crippen LogP contribution in [-0.4, -0.2) is 16.7 Å². The SMILES string of the molecule is Cc1ccc(C)c(Cc2nc(CCN)no2)c1. The van der Waals surface area contributed by atoms with Gasteiger partial charge in [-0.2, -0.15) is 4.98 Å². The summed E-state index contributed by atoms with van der Waals surface area (Å²) >= 11 is 0. The summed E-state index contributed by atoms with van der Waals surface area (Å²) in [6, 6.07) is 6.37. The van der Waals surface area contributed by atoms with E-state index in [4.69, 9.17) is 10.3 Å². The molecule has 2 N–H and O–H groups in total. The fourth-order valence-electron chi connectivity index (χ4n) is 1.75.